The van der Waals surface area contributed by atoms with Crippen LogP contribution in [0.2, 0.25) is 0 Å². The summed E-state index contributed by atoms with van der Waals surface area (Å²) in [5.41, 5.74) is 0. The minimum Gasteiger partial charge on any atom is -0.486 e. The molecule has 0 spiro atoms. The van der Waals surface area contributed by atoms with Gasteiger partial charge in [0.15, 0.2) is 17.6 Å². The van der Waals surface area contributed by atoms with Gasteiger partial charge < -0.3 is 25.0 Å². The number of carbonyl (C=O) groups is 2. The van der Waals surface area contributed by atoms with Crippen molar-refractivity contribution in [2.75, 3.05) is 33.3 Å². The summed E-state index contributed by atoms with van der Waals surface area (Å²) < 4.78 is 11.5. The van der Waals surface area contributed by atoms with Crippen LogP contribution in [0, 0.1) is 5.92 Å². The first-order valence-corrected chi connectivity index (χ1v) is 8.30. The van der Waals surface area contributed by atoms with Crippen molar-refractivity contribution in [2.24, 2.45) is 5.92 Å². The molecule has 2 heterocycles. The maximum atomic E-state index is 12.3. The third kappa shape index (κ3) is 3.72. The number of likely N-dealkylation sites (tertiary alicyclic amines) is 1. The van der Waals surface area contributed by atoms with Crippen LogP contribution in [0.25, 0.3) is 0 Å². The number of nitrogens with zero attached hydrogens (tertiary/aromatic N) is 1. The Bertz CT molecular complexity index is 599. The van der Waals surface area contributed by atoms with Crippen molar-refractivity contribution in [1.82, 2.24) is 15.5 Å². The van der Waals surface area contributed by atoms with Gasteiger partial charge in [-0.3, -0.25) is 4.79 Å². The predicted octanol–water partition coefficient (Wildman–Crippen LogP) is 0.994. The molecule has 0 saturated carbocycles. The van der Waals surface area contributed by atoms with E-state index in [1.54, 1.807) is 11.9 Å². The molecule has 0 radical (unpaired) electrons. The number of carbonyl (C=O) groups excluding carboxylic acids is 2. The highest BCUT2D eigenvalue weighted by Gasteiger charge is 2.27. The molecule has 0 aliphatic carbocycles. The molecule has 1 atom stereocenters. The summed E-state index contributed by atoms with van der Waals surface area (Å²) in [6, 6.07) is 7.38. The normalized spacial score (nSPS) is 20.4. The average Bonchev–Trinajstić information content (AvgIpc) is 2.65. The Hall–Kier alpha value is -2.44. The Balaban J connectivity index is 1.43. The standard InChI is InChI=1S/C17H23N3O4/c1-18-16(21)12-6-8-20(9-7-12)17(22)19-10-13-11-23-14-4-2-3-5-15(14)24-13/h2-5,12-13H,6-11H2,1H3,(H,18,21)(H,19,22)/t13-/m0/s1. The summed E-state index contributed by atoms with van der Waals surface area (Å²) in [5.74, 6) is 1.50. The Morgan fingerprint density at radius 1 is 1.21 bits per heavy atom. The van der Waals surface area contributed by atoms with E-state index >= 15 is 0 Å². The molecule has 0 bridgehead atoms. The highest BCUT2D eigenvalue weighted by molar-refractivity contribution is 5.79. The second-order valence-electron chi connectivity index (χ2n) is 6.06. The molecule has 0 aromatic heterocycles. The molecular formula is C17H23N3O4. The van der Waals surface area contributed by atoms with Gasteiger partial charge in [-0.05, 0) is 25.0 Å². The summed E-state index contributed by atoms with van der Waals surface area (Å²) in [5, 5.41) is 5.56. The van der Waals surface area contributed by atoms with E-state index in [-0.39, 0.29) is 24.0 Å². The van der Waals surface area contributed by atoms with Gasteiger partial charge >= 0.3 is 6.03 Å². The van der Waals surface area contributed by atoms with Crippen LogP contribution in [0.5, 0.6) is 11.5 Å². The number of piperidine rings is 1. The fraction of sp³-hybridized carbons (Fsp3) is 0.529. The molecule has 2 N–H and O–H groups in total. The summed E-state index contributed by atoms with van der Waals surface area (Å²) in [7, 11) is 1.64. The summed E-state index contributed by atoms with van der Waals surface area (Å²) in [6.45, 7) is 1.99. The van der Waals surface area contributed by atoms with Crippen LogP contribution < -0.4 is 20.1 Å². The molecule has 3 rings (SSSR count). The highest BCUT2D eigenvalue weighted by atomic mass is 16.6. The van der Waals surface area contributed by atoms with Crippen molar-refractivity contribution in [2.45, 2.75) is 18.9 Å². The number of hydrogen-bond donors (Lipinski definition) is 2. The lowest BCUT2D eigenvalue weighted by atomic mass is 9.96. The molecule has 1 aromatic rings. The maximum absolute atomic E-state index is 12.3. The zero-order chi connectivity index (χ0) is 16.9. The van der Waals surface area contributed by atoms with Gasteiger partial charge in [0.1, 0.15) is 6.61 Å². The topological polar surface area (TPSA) is 79.9 Å². The molecule has 2 aliphatic heterocycles. The van der Waals surface area contributed by atoms with Gasteiger partial charge in [-0.15, -0.1) is 0 Å². The predicted molar refractivity (Wildman–Crippen MR) is 88.1 cm³/mol. The van der Waals surface area contributed by atoms with E-state index in [2.05, 4.69) is 10.6 Å². The Morgan fingerprint density at radius 3 is 2.62 bits per heavy atom. The molecule has 1 fully saturated rings. The number of nitrogens with one attached hydrogen (secondary N) is 2. The van der Waals surface area contributed by atoms with Crippen LogP contribution in [-0.4, -0.2) is 56.2 Å². The molecule has 7 nitrogen and oxygen atoms in total. The zero-order valence-electron chi connectivity index (χ0n) is 13.8. The van der Waals surface area contributed by atoms with Crippen LogP contribution in [0.1, 0.15) is 12.8 Å². The molecule has 7 heteroatoms. The quantitative estimate of drug-likeness (QED) is 0.865. The Morgan fingerprint density at radius 2 is 1.92 bits per heavy atom. The lowest BCUT2D eigenvalue weighted by Gasteiger charge is -2.32. The van der Waals surface area contributed by atoms with E-state index in [1.807, 2.05) is 24.3 Å². The van der Waals surface area contributed by atoms with Gasteiger partial charge in [0.05, 0.1) is 6.54 Å². The summed E-state index contributed by atoms with van der Waals surface area (Å²) >= 11 is 0. The first kappa shape index (κ1) is 16.4. The van der Waals surface area contributed by atoms with Crippen LogP contribution in [0.4, 0.5) is 4.79 Å². The Labute approximate surface area is 141 Å². The molecule has 0 unspecified atom stereocenters. The SMILES string of the molecule is CNC(=O)C1CCN(C(=O)NC[C@H]2COc3ccccc3O2)CC1. The number of benzene rings is 1. The fourth-order valence-corrected chi connectivity index (χ4v) is 3.03. The van der Waals surface area contributed by atoms with E-state index in [9.17, 15) is 9.59 Å². The average molecular weight is 333 g/mol. The summed E-state index contributed by atoms with van der Waals surface area (Å²) in [4.78, 5) is 25.6. The van der Waals surface area contributed by atoms with E-state index in [1.165, 1.54) is 0 Å². The smallest absolute Gasteiger partial charge is 0.317 e. The number of rotatable bonds is 3. The van der Waals surface area contributed by atoms with E-state index in [0.717, 1.165) is 5.75 Å². The van der Waals surface area contributed by atoms with Crippen molar-refractivity contribution >= 4 is 11.9 Å². The number of urea groups is 1. The second kappa shape index (κ2) is 7.42. The minimum atomic E-state index is -0.202. The monoisotopic (exact) mass is 333 g/mol. The fourth-order valence-electron chi connectivity index (χ4n) is 3.03. The minimum absolute atomic E-state index is 0.00521. The number of ether oxygens (including phenoxy) is 2. The Kier molecular flexibility index (Phi) is 5.08. The molecule has 1 aromatic carbocycles. The molecular weight excluding hydrogens is 310 g/mol. The first-order valence-electron chi connectivity index (χ1n) is 8.30. The second-order valence-corrected chi connectivity index (χ2v) is 6.06. The van der Waals surface area contributed by atoms with Crippen LogP contribution in [0.15, 0.2) is 24.3 Å². The number of hydrogen-bond acceptors (Lipinski definition) is 4. The third-order valence-electron chi connectivity index (χ3n) is 4.45. The third-order valence-corrected chi connectivity index (χ3v) is 4.45. The zero-order valence-corrected chi connectivity index (χ0v) is 13.8. The van der Waals surface area contributed by atoms with Crippen LogP contribution in [0.3, 0.4) is 0 Å². The van der Waals surface area contributed by atoms with Gasteiger partial charge in [0.2, 0.25) is 5.91 Å². The van der Waals surface area contributed by atoms with Gasteiger partial charge in [0.25, 0.3) is 0 Å². The van der Waals surface area contributed by atoms with Crippen molar-refractivity contribution < 1.29 is 19.1 Å². The van der Waals surface area contributed by atoms with Crippen molar-refractivity contribution in [3.8, 4) is 11.5 Å². The van der Waals surface area contributed by atoms with Crippen LogP contribution in [-0.2, 0) is 4.79 Å². The number of amides is 3. The van der Waals surface area contributed by atoms with Crippen LogP contribution >= 0.6 is 0 Å². The van der Waals surface area contributed by atoms with Crippen molar-refractivity contribution in [1.29, 1.82) is 0 Å². The van der Waals surface area contributed by atoms with Gasteiger partial charge in [0, 0.05) is 26.1 Å². The van der Waals surface area contributed by atoms with Crippen molar-refractivity contribution in [3.05, 3.63) is 24.3 Å². The van der Waals surface area contributed by atoms with E-state index in [4.69, 9.17) is 9.47 Å². The van der Waals surface area contributed by atoms with Gasteiger partial charge in [-0.25, -0.2) is 4.79 Å². The lowest BCUT2D eigenvalue weighted by Crippen LogP contribution is -2.49. The number of fused-ring (bicyclic) bond motifs is 1. The summed E-state index contributed by atoms with van der Waals surface area (Å²) in [6.07, 6.45) is 1.19. The van der Waals surface area contributed by atoms with Crippen molar-refractivity contribution in [3.63, 3.8) is 0 Å². The largest absolute Gasteiger partial charge is 0.486 e. The van der Waals surface area contributed by atoms with Gasteiger partial charge in [-0.2, -0.15) is 0 Å². The molecule has 3 amide bonds. The maximum Gasteiger partial charge on any atom is 0.317 e. The molecule has 2 aliphatic rings. The number of para-hydroxylation sites is 2. The molecule has 130 valence electrons. The van der Waals surface area contributed by atoms with E-state index < -0.39 is 0 Å². The molecule has 24 heavy (non-hydrogen) atoms. The highest BCUT2D eigenvalue weighted by Crippen LogP contribution is 2.30. The van der Waals surface area contributed by atoms with Gasteiger partial charge in [-0.1, -0.05) is 12.1 Å². The molecule has 1 saturated heterocycles. The lowest BCUT2D eigenvalue weighted by molar-refractivity contribution is -0.125. The van der Waals surface area contributed by atoms with E-state index in [0.29, 0.717) is 44.8 Å². The first-order chi connectivity index (χ1) is 11.7.